The van der Waals surface area contributed by atoms with Gasteiger partial charge in [0.25, 0.3) is 0 Å². The van der Waals surface area contributed by atoms with Crippen molar-refractivity contribution in [1.29, 1.82) is 0 Å². The zero-order valence-electron chi connectivity index (χ0n) is 36.9. The molecular weight excluding hydrogens is 825 g/mol. The minimum absolute atomic E-state index is 0.211. The summed E-state index contributed by atoms with van der Waals surface area (Å²) >= 11 is 0. The zero-order chi connectivity index (χ0) is 46.0. The van der Waals surface area contributed by atoms with Crippen molar-refractivity contribution in [2.24, 2.45) is 5.10 Å². The third kappa shape index (κ3) is 13.8. The summed E-state index contributed by atoms with van der Waals surface area (Å²) in [6, 6.07) is 30.6. The molecule has 12 nitrogen and oxygen atoms in total. The van der Waals surface area contributed by atoms with Crippen molar-refractivity contribution in [1.82, 2.24) is 4.68 Å². The number of nitrogens with zero attached hydrogens (tertiary/aromatic N) is 2. The van der Waals surface area contributed by atoms with E-state index in [1.54, 1.807) is 72.9 Å². The molecule has 0 saturated carbocycles. The van der Waals surface area contributed by atoms with E-state index in [0.717, 1.165) is 96.5 Å². The third-order valence-electron chi connectivity index (χ3n) is 10.4. The molecule has 6 aromatic rings. The number of aromatic nitrogens is 1. The maximum atomic E-state index is 13.5. The van der Waals surface area contributed by atoms with Gasteiger partial charge in [-0.2, -0.15) is 5.10 Å². The van der Waals surface area contributed by atoms with Crippen LogP contribution in [-0.2, 0) is 19.1 Å². The predicted molar refractivity (Wildman–Crippen MR) is 251 cm³/mol. The Morgan fingerprint density at radius 2 is 0.969 bits per heavy atom. The third-order valence-corrected chi connectivity index (χ3v) is 10.4. The fourth-order valence-electron chi connectivity index (χ4n) is 6.92. The first-order valence-corrected chi connectivity index (χ1v) is 21.8. The predicted octanol–water partition coefficient (Wildman–Crippen LogP) is 11.1. The maximum Gasteiger partial charge on any atom is 0.343 e. The summed E-state index contributed by atoms with van der Waals surface area (Å²) in [5.74, 6) is -0.326. The first-order chi connectivity index (χ1) is 31.6. The highest BCUT2D eigenvalue weighted by atomic mass is 16.5. The molecule has 12 heteroatoms. The average Bonchev–Trinajstić information content (AvgIpc) is 3.61. The lowest BCUT2D eigenvalue weighted by atomic mass is 10.1. The van der Waals surface area contributed by atoms with Gasteiger partial charge in [-0.3, -0.25) is 0 Å². The van der Waals surface area contributed by atoms with Crippen LogP contribution in [0.1, 0.15) is 88.8 Å². The molecule has 65 heavy (non-hydrogen) atoms. The Kier molecular flexibility index (Phi) is 17.2. The summed E-state index contributed by atoms with van der Waals surface area (Å²) in [5.41, 5.74) is 5.09. The Hall–Kier alpha value is -7.47. The van der Waals surface area contributed by atoms with Crippen LogP contribution in [0, 0.1) is 13.8 Å². The molecule has 0 N–H and O–H groups in total. The number of hydrogen-bond donors (Lipinski definition) is 0. The lowest BCUT2D eigenvalue weighted by molar-refractivity contribution is -0.138. The summed E-state index contributed by atoms with van der Waals surface area (Å²) < 4.78 is 35.4. The van der Waals surface area contributed by atoms with Gasteiger partial charge in [0.2, 0.25) is 0 Å². The van der Waals surface area contributed by atoms with Gasteiger partial charge in [-0.25, -0.2) is 23.9 Å². The van der Waals surface area contributed by atoms with E-state index in [0.29, 0.717) is 54.6 Å². The smallest absolute Gasteiger partial charge is 0.343 e. The van der Waals surface area contributed by atoms with Crippen LogP contribution in [-0.4, -0.2) is 61.2 Å². The van der Waals surface area contributed by atoms with Crippen LogP contribution >= 0.6 is 0 Å². The monoisotopic (exact) mass is 878 g/mol. The van der Waals surface area contributed by atoms with E-state index in [4.69, 9.17) is 33.5 Å². The van der Waals surface area contributed by atoms with E-state index in [9.17, 15) is 19.2 Å². The number of ether oxygens (including phenoxy) is 6. The van der Waals surface area contributed by atoms with Crippen molar-refractivity contribution < 1.29 is 47.6 Å². The molecular formula is C53H54N2O10. The van der Waals surface area contributed by atoms with E-state index < -0.39 is 23.9 Å². The lowest BCUT2D eigenvalue weighted by Gasteiger charge is -2.11. The van der Waals surface area contributed by atoms with E-state index in [1.807, 2.05) is 28.9 Å². The molecule has 5 aromatic carbocycles. The minimum atomic E-state index is -0.593. The number of carbonyl (C=O) groups is 4. The number of hydrogen-bond acceptors (Lipinski definition) is 11. The zero-order valence-corrected chi connectivity index (χ0v) is 36.9. The fraction of sp³-hybridized carbons (Fsp3) is 0.264. The molecule has 0 unspecified atom stereocenters. The number of esters is 4. The quantitative estimate of drug-likeness (QED) is 0.0190. The van der Waals surface area contributed by atoms with Gasteiger partial charge in [0.15, 0.2) is 0 Å². The first-order valence-electron chi connectivity index (χ1n) is 21.8. The first kappa shape index (κ1) is 47.0. The second kappa shape index (κ2) is 23.8. The molecule has 0 bridgehead atoms. The van der Waals surface area contributed by atoms with Crippen LogP contribution in [0.25, 0.3) is 21.8 Å². The summed E-state index contributed by atoms with van der Waals surface area (Å²) in [5, 5.41) is 7.02. The number of carbonyl (C=O) groups excluding carboxylic acids is 4. The van der Waals surface area contributed by atoms with Crippen molar-refractivity contribution in [3.05, 3.63) is 156 Å². The SMILES string of the molecule is C=CC(=O)OCCCCCCOc1ccc(C(=O)Oc2ccc(OC(=O)c3ccc(OCCCCCCOC(=O)C=C)cc3)c(/C=N/n3c4ccc(C)cc4c4cc(C)ccc43)c2)cc1. The van der Waals surface area contributed by atoms with Crippen molar-refractivity contribution in [3.8, 4) is 23.0 Å². The summed E-state index contributed by atoms with van der Waals surface area (Å²) in [4.78, 5) is 49.2. The summed E-state index contributed by atoms with van der Waals surface area (Å²) in [6.45, 7) is 12.6. The Bertz CT molecular complexity index is 2590. The van der Waals surface area contributed by atoms with Gasteiger partial charge in [-0.15, -0.1) is 0 Å². The van der Waals surface area contributed by atoms with Gasteiger partial charge in [0.05, 0.1) is 54.8 Å². The largest absolute Gasteiger partial charge is 0.494 e. The van der Waals surface area contributed by atoms with Crippen LogP contribution in [0.5, 0.6) is 23.0 Å². The summed E-state index contributed by atoms with van der Waals surface area (Å²) in [6.07, 6.45) is 10.7. The van der Waals surface area contributed by atoms with Crippen LogP contribution in [0.15, 0.2) is 134 Å². The van der Waals surface area contributed by atoms with Gasteiger partial charge in [0, 0.05) is 28.5 Å². The van der Waals surface area contributed by atoms with Gasteiger partial charge in [-0.05, 0) is 156 Å². The Morgan fingerprint density at radius 1 is 0.523 bits per heavy atom. The second-order valence-electron chi connectivity index (χ2n) is 15.4. The molecule has 0 saturated heterocycles. The molecule has 6 rings (SSSR count). The molecule has 1 heterocycles. The minimum Gasteiger partial charge on any atom is -0.494 e. The molecule has 0 fully saturated rings. The average molecular weight is 879 g/mol. The van der Waals surface area contributed by atoms with Crippen molar-refractivity contribution in [2.75, 3.05) is 26.4 Å². The standard InChI is InChI=1S/C53H54N2O10/c1-5-50(56)62-31-13-9-7-11-29-60-42-21-17-39(18-22-42)52(58)64-44-25-28-49(65-53(59)40-19-23-43(24-20-40)61-30-12-8-10-14-32-63-51(57)6-2)41(35-44)36-54-55-47-26-15-37(3)33-45(47)46-34-38(4)16-27-48(46)55/h5-6,15-28,33-36H,1-2,7-14,29-32H2,3-4H3/b54-36+. The van der Waals surface area contributed by atoms with E-state index in [1.165, 1.54) is 0 Å². The highest BCUT2D eigenvalue weighted by molar-refractivity contribution is 6.09. The molecule has 0 atom stereocenters. The Labute approximate surface area is 379 Å². The van der Waals surface area contributed by atoms with Crippen LogP contribution in [0.2, 0.25) is 0 Å². The number of unbranched alkanes of at least 4 members (excludes halogenated alkanes) is 6. The Morgan fingerprint density at radius 3 is 1.45 bits per heavy atom. The van der Waals surface area contributed by atoms with Crippen LogP contribution in [0.4, 0.5) is 0 Å². The fourth-order valence-corrected chi connectivity index (χ4v) is 6.92. The molecule has 0 aliphatic rings. The summed E-state index contributed by atoms with van der Waals surface area (Å²) in [7, 11) is 0. The van der Waals surface area contributed by atoms with Gasteiger partial charge in [-0.1, -0.05) is 36.4 Å². The molecule has 0 radical (unpaired) electrons. The highest BCUT2D eigenvalue weighted by Crippen LogP contribution is 2.32. The maximum absolute atomic E-state index is 13.5. The van der Waals surface area contributed by atoms with Crippen molar-refractivity contribution in [2.45, 2.75) is 65.2 Å². The van der Waals surface area contributed by atoms with Gasteiger partial charge >= 0.3 is 23.9 Å². The molecule has 0 amide bonds. The molecule has 0 spiro atoms. The highest BCUT2D eigenvalue weighted by Gasteiger charge is 2.17. The van der Waals surface area contributed by atoms with E-state index in [2.05, 4.69) is 39.1 Å². The van der Waals surface area contributed by atoms with Gasteiger partial charge in [0.1, 0.15) is 23.0 Å². The number of fused-ring (bicyclic) bond motifs is 3. The van der Waals surface area contributed by atoms with E-state index in [-0.39, 0.29) is 11.5 Å². The Balaban J connectivity index is 1.12. The topological polar surface area (TPSA) is 141 Å². The number of benzene rings is 5. The normalized spacial score (nSPS) is 11.0. The van der Waals surface area contributed by atoms with E-state index >= 15 is 0 Å². The molecule has 0 aliphatic carbocycles. The molecule has 1 aromatic heterocycles. The van der Waals surface area contributed by atoms with Crippen molar-refractivity contribution >= 4 is 51.9 Å². The molecule has 0 aliphatic heterocycles. The van der Waals surface area contributed by atoms with Crippen LogP contribution in [0.3, 0.4) is 0 Å². The lowest BCUT2D eigenvalue weighted by Crippen LogP contribution is -2.11. The second-order valence-corrected chi connectivity index (χ2v) is 15.4. The van der Waals surface area contributed by atoms with Gasteiger partial charge < -0.3 is 28.4 Å². The van der Waals surface area contributed by atoms with Crippen LogP contribution < -0.4 is 18.9 Å². The van der Waals surface area contributed by atoms with Crippen molar-refractivity contribution in [3.63, 3.8) is 0 Å². The number of rotatable bonds is 24. The number of aryl methyl sites for hydroxylation is 2. The molecule has 336 valence electrons.